The van der Waals surface area contributed by atoms with Crippen LogP contribution < -0.4 is 5.32 Å². The molecule has 3 aromatic heterocycles. The predicted octanol–water partition coefficient (Wildman–Crippen LogP) is 2.85. The van der Waals surface area contributed by atoms with Gasteiger partial charge in [0.05, 0.1) is 6.26 Å². The highest BCUT2D eigenvalue weighted by Crippen LogP contribution is 2.24. The zero-order chi connectivity index (χ0) is 14.7. The summed E-state index contributed by atoms with van der Waals surface area (Å²) in [5, 5.41) is 3.57. The van der Waals surface area contributed by atoms with Gasteiger partial charge in [0, 0.05) is 37.9 Å². The van der Waals surface area contributed by atoms with Gasteiger partial charge in [-0.2, -0.15) is 0 Å². The summed E-state index contributed by atoms with van der Waals surface area (Å²) in [7, 11) is 1.98. The molecule has 5 nitrogen and oxygen atoms in total. The van der Waals surface area contributed by atoms with Crippen LogP contribution in [0.1, 0.15) is 36.2 Å². The zero-order valence-electron chi connectivity index (χ0n) is 12.1. The van der Waals surface area contributed by atoms with Crippen LogP contribution in [0.25, 0.3) is 0 Å². The molecule has 0 spiro atoms. The predicted molar refractivity (Wildman–Crippen MR) is 79.5 cm³/mol. The van der Waals surface area contributed by atoms with E-state index in [1.165, 1.54) is 5.56 Å². The second-order valence-corrected chi connectivity index (χ2v) is 5.01. The smallest absolute Gasteiger partial charge is 0.133 e. The Balaban J connectivity index is 1.89. The maximum Gasteiger partial charge on any atom is 0.133 e. The molecule has 0 bridgehead atoms. The first-order valence-electron chi connectivity index (χ1n) is 6.92. The van der Waals surface area contributed by atoms with E-state index in [2.05, 4.69) is 22.2 Å². The quantitative estimate of drug-likeness (QED) is 0.782. The Hall–Kier alpha value is -2.40. The fourth-order valence-electron chi connectivity index (χ4n) is 2.39. The molecule has 3 aromatic rings. The van der Waals surface area contributed by atoms with Gasteiger partial charge in [-0.1, -0.05) is 0 Å². The topological polar surface area (TPSA) is 55.9 Å². The monoisotopic (exact) mass is 282 g/mol. The molecule has 5 heteroatoms. The van der Waals surface area contributed by atoms with Crippen molar-refractivity contribution in [2.45, 2.75) is 19.0 Å². The molecule has 0 aliphatic heterocycles. The Morgan fingerprint density at radius 2 is 2.00 bits per heavy atom. The summed E-state index contributed by atoms with van der Waals surface area (Å²) >= 11 is 0. The van der Waals surface area contributed by atoms with Gasteiger partial charge in [0.2, 0.25) is 0 Å². The van der Waals surface area contributed by atoms with Gasteiger partial charge < -0.3 is 8.98 Å². The Labute approximate surface area is 123 Å². The van der Waals surface area contributed by atoms with E-state index >= 15 is 0 Å². The van der Waals surface area contributed by atoms with Gasteiger partial charge in [-0.15, -0.1) is 0 Å². The molecule has 2 atom stereocenters. The molecule has 21 heavy (non-hydrogen) atoms. The lowest BCUT2D eigenvalue weighted by Gasteiger charge is -2.22. The van der Waals surface area contributed by atoms with Gasteiger partial charge in [-0.05, 0) is 36.8 Å². The lowest BCUT2D eigenvalue weighted by atomic mass is 10.1. The second-order valence-electron chi connectivity index (χ2n) is 5.01. The molecule has 0 fully saturated rings. The first kappa shape index (κ1) is 13.6. The van der Waals surface area contributed by atoms with Crippen LogP contribution >= 0.6 is 0 Å². The van der Waals surface area contributed by atoms with Crippen LogP contribution in [0.5, 0.6) is 0 Å². The Kier molecular flexibility index (Phi) is 3.83. The number of hydrogen-bond acceptors (Lipinski definition) is 4. The Morgan fingerprint density at radius 3 is 2.62 bits per heavy atom. The van der Waals surface area contributed by atoms with Crippen molar-refractivity contribution in [3.63, 3.8) is 0 Å². The summed E-state index contributed by atoms with van der Waals surface area (Å²) in [5.74, 6) is 1.77. The van der Waals surface area contributed by atoms with Crippen molar-refractivity contribution in [2.24, 2.45) is 7.05 Å². The number of nitrogens with zero attached hydrogens (tertiary/aromatic N) is 3. The molecule has 0 aromatic carbocycles. The maximum absolute atomic E-state index is 5.58. The molecule has 3 heterocycles. The van der Waals surface area contributed by atoms with Crippen LogP contribution in [0.4, 0.5) is 0 Å². The van der Waals surface area contributed by atoms with Gasteiger partial charge in [-0.25, -0.2) is 4.98 Å². The lowest BCUT2D eigenvalue weighted by molar-refractivity contribution is 0.403. The van der Waals surface area contributed by atoms with Crippen LogP contribution in [-0.2, 0) is 7.05 Å². The largest absolute Gasteiger partial charge is 0.467 e. The standard InChI is InChI=1S/C16H18N4O/c1-12(13-5-7-17-8-6-13)19-15(14-4-3-11-21-14)16-18-9-10-20(16)2/h3-12,15,19H,1-2H3. The second kappa shape index (κ2) is 5.93. The van der Waals surface area contributed by atoms with Gasteiger partial charge in [0.25, 0.3) is 0 Å². The molecule has 0 aliphatic rings. The van der Waals surface area contributed by atoms with Gasteiger partial charge in [0.15, 0.2) is 0 Å². The minimum absolute atomic E-state index is 0.0943. The number of aromatic nitrogens is 3. The third-order valence-corrected chi connectivity index (χ3v) is 3.57. The van der Waals surface area contributed by atoms with Crippen LogP contribution in [0.15, 0.2) is 59.7 Å². The summed E-state index contributed by atoms with van der Waals surface area (Å²) in [6.45, 7) is 2.12. The van der Waals surface area contributed by atoms with Crippen molar-refractivity contribution in [2.75, 3.05) is 0 Å². The SMILES string of the molecule is CC(NC(c1ccco1)c1nccn1C)c1ccncc1. The molecule has 2 unspecified atom stereocenters. The van der Waals surface area contributed by atoms with E-state index in [9.17, 15) is 0 Å². The summed E-state index contributed by atoms with van der Waals surface area (Å²) < 4.78 is 7.58. The number of hydrogen-bond donors (Lipinski definition) is 1. The molecule has 0 saturated carbocycles. The van der Waals surface area contributed by atoms with E-state index in [1.54, 1.807) is 24.9 Å². The highest BCUT2D eigenvalue weighted by Gasteiger charge is 2.23. The van der Waals surface area contributed by atoms with Gasteiger partial charge in [-0.3, -0.25) is 10.3 Å². The number of imidazole rings is 1. The highest BCUT2D eigenvalue weighted by molar-refractivity contribution is 5.19. The van der Waals surface area contributed by atoms with Crippen molar-refractivity contribution in [3.8, 4) is 0 Å². The van der Waals surface area contributed by atoms with E-state index in [0.29, 0.717) is 0 Å². The zero-order valence-corrected chi connectivity index (χ0v) is 12.1. The molecule has 0 aliphatic carbocycles. The van der Waals surface area contributed by atoms with Crippen molar-refractivity contribution in [1.82, 2.24) is 19.9 Å². The van der Waals surface area contributed by atoms with Crippen LogP contribution in [-0.4, -0.2) is 14.5 Å². The Bertz CT molecular complexity index is 675. The number of aryl methyl sites for hydroxylation is 1. The number of nitrogens with one attached hydrogen (secondary N) is 1. The Morgan fingerprint density at radius 1 is 1.19 bits per heavy atom. The lowest BCUT2D eigenvalue weighted by Crippen LogP contribution is -2.27. The van der Waals surface area contributed by atoms with E-state index < -0.39 is 0 Å². The molecule has 0 radical (unpaired) electrons. The van der Waals surface area contributed by atoms with Crippen molar-refractivity contribution in [1.29, 1.82) is 0 Å². The first-order chi connectivity index (χ1) is 10.3. The van der Waals surface area contributed by atoms with E-state index in [4.69, 9.17) is 4.42 Å². The van der Waals surface area contributed by atoms with Crippen LogP contribution in [0.3, 0.4) is 0 Å². The normalized spacial score (nSPS) is 14.0. The minimum Gasteiger partial charge on any atom is -0.467 e. The third kappa shape index (κ3) is 2.87. The van der Waals surface area contributed by atoms with Crippen molar-refractivity contribution < 1.29 is 4.42 Å². The summed E-state index contributed by atoms with van der Waals surface area (Å²) in [5.41, 5.74) is 1.18. The van der Waals surface area contributed by atoms with Crippen LogP contribution in [0.2, 0.25) is 0 Å². The molecule has 3 rings (SSSR count). The number of pyridine rings is 1. The van der Waals surface area contributed by atoms with E-state index in [0.717, 1.165) is 11.6 Å². The first-order valence-corrected chi connectivity index (χ1v) is 6.92. The molecule has 0 saturated heterocycles. The summed E-state index contributed by atoms with van der Waals surface area (Å²) in [6, 6.07) is 7.93. The minimum atomic E-state index is -0.0943. The fourth-order valence-corrected chi connectivity index (χ4v) is 2.39. The number of furan rings is 1. The molecule has 0 amide bonds. The molecular weight excluding hydrogens is 264 g/mol. The summed E-state index contributed by atoms with van der Waals surface area (Å²) in [6.07, 6.45) is 9.02. The average molecular weight is 282 g/mol. The molecular formula is C16H18N4O. The van der Waals surface area contributed by atoms with E-state index in [-0.39, 0.29) is 12.1 Å². The molecule has 1 N–H and O–H groups in total. The van der Waals surface area contributed by atoms with E-state index in [1.807, 2.05) is 42.1 Å². The van der Waals surface area contributed by atoms with Crippen LogP contribution in [0, 0.1) is 0 Å². The fraction of sp³-hybridized carbons (Fsp3) is 0.250. The van der Waals surface area contributed by atoms with Gasteiger partial charge >= 0.3 is 0 Å². The van der Waals surface area contributed by atoms with Crippen molar-refractivity contribution >= 4 is 0 Å². The third-order valence-electron chi connectivity index (χ3n) is 3.57. The molecule has 108 valence electrons. The average Bonchev–Trinajstić information content (AvgIpc) is 3.17. The summed E-state index contributed by atoms with van der Waals surface area (Å²) in [4.78, 5) is 8.51. The van der Waals surface area contributed by atoms with Gasteiger partial charge in [0.1, 0.15) is 17.6 Å². The highest BCUT2D eigenvalue weighted by atomic mass is 16.3. The number of rotatable bonds is 5. The van der Waals surface area contributed by atoms with Crippen molar-refractivity contribution in [3.05, 3.63) is 72.5 Å². The maximum atomic E-state index is 5.58.